The SMILES string of the molecule is CO[C@@H](C)c1ncccc1-c1c2c3cc(ccc3n1C[C@H](C)OC)C1CSC(=N1)C[C@H](NC(=O)C1[C@@H](C)[C@H]1C)C(=O)N1CCC[C@H](N1)C(=O)OCC(C)(C)C2. The average Bonchev–Trinajstić information content (AvgIpc) is 3.45. The van der Waals surface area contributed by atoms with E-state index >= 15 is 0 Å². The van der Waals surface area contributed by atoms with Gasteiger partial charge in [0.05, 0.1) is 41.3 Å². The van der Waals surface area contributed by atoms with Gasteiger partial charge in [0.15, 0.2) is 0 Å². The van der Waals surface area contributed by atoms with Gasteiger partial charge in [-0.15, -0.1) is 11.8 Å². The van der Waals surface area contributed by atoms with E-state index in [0.717, 1.165) is 49.8 Å². The fourth-order valence-corrected chi connectivity index (χ4v) is 9.50. The van der Waals surface area contributed by atoms with Crippen molar-refractivity contribution in [1.82, 2.24) is 25.3 Å². The highest BCUT2D eigenvalue weighted by molar-refractivity contribution is 8.14. The molecule has 2 N–H and O–H groups in total. The number of carbonyl (C=O) groups is 3. The second kappa shape index (κ2) is 16.0. The van der Waals surface area contributed by atoms with E-state index in [9.17, 15) is 14.4 Å². The van der Waals surface area contributed by atoms with Crippen molar-refractivity contribution in [2.24, 2.45) is 28.2 Å². The van der Waals surface area contributed by atoms with Crippen LogP contribution in [0.1, 0.15) is 89.8 Å². The van der Waals surface area contributed by atoms with E-state index in [0.29, 0.717) is 32.4 Å². The fourth-order valence-electron chi connectivity index (χ4n) is 8.40. The first-order valence-electron chi connectivity index (χ1n) is 19.7. The number of fused-ring (bicyclic) bond motifs is 5. The third-order valence-electron chi connectivity index (χ3n) is 12.1. The number of amides is 2. The highest BCUT2D eigenvalue weighted by atomic mass is 32.2. The number of cyclic esters (lactones) is 1. The summed E-state index contributed by atoms with van der Waals surface area (Å²) in [7, 11) is 3.43. The summed E-state index contributed by atoms with van der Waals surface area (Å²) in [6.45, 7) is 13.7. The Labute approximate surface area is 328 Å². The van der Waals surface area contributed by atoms with Gasteiger partial charge < -0.3 is 24.1 Å². The molecule has 0 spiro atoms. The largest absolute Gasteiger partial charge is 0.464 e. The van der Waals surface area contributed by atoms with Crippen molar-refractivity contribution in [2.45, 2.75) is 104 Å². The van der Waals surface area contributed by atoms with Crippen LogP contribution in [0.15, 0.2) is 41.5 Å². The molecule has 1 aromatic carbocycles. The minimum Gasteiger partial charge on any atom is -0.464 e. The molecular weight excluding hydrogens is 717 g/mol. The number of benzene rings is 1. The third-order valence-corrected chi connectivity index (χ3v) is 13.2. The summed E-state index contributed by atoms with van der Waals surface area (Å²) in [6, 6.07) is 9.07. The van der Waals surface area contributed by atoms with Crippen LogP contribution in [0.4, 0.5) is 0 Å². The number of carbonyl (C=O) groups excluding carboxylic acids is 3. The Morgan fingerprint density at radius 3 is 2.65 bits per heavy atom. The monoisotopic (exact) mass is 772 g/mol. The highest BCUT2D eigenvalue weighted by Gasteiger charge is 2.49. The Morgan fingerprint density at radius 1 is 1.15 bits per heavy atom. The summed E-state index contributed by atoms with van der Waals surface area (Å²) >= 11 is 1.64. The number of hydrazine groups is 1. The van der Waals surface area contributed by atoms with Crippen LogP contribution in [-0.4, -0.2) is 88.7 Å². The van der Waals surface area contributed by atoms with Gasteiger partial charge in [0.25, 0.3) is 5.91 Å². The first-order chi connectivity index (χ1) is 26.3. The van der Waals surface area contributed by atoms with Crippen LogP contribution in [0.5, 0.6) is 0 Å². The van der Waals surface area contributed by atoms with E-state index in [2.05, 4.69) is 74.2 Å². The summed E-state index contributed by atoms with van der Waals surface area (Å²) in [5, 5.41) is 6.53. The Hall–Kier alpha value is -3.78. The molecule has 2 fully saturated rings. The van der Waals surface area contributed by atoms with E-state index in [1.54, 1.807) is 32.2 Å². The molecule has 7 rings (SSSR count). The van der Waals surface area contributed by atoms with Crippen molar-refractivity contribution in [3.8, 4) is 11.3 Å². The van der Waals surface area contributed by atoms with Crippen molar-refractivity contribution in [1.29, 1.82) is 0 Å². The number of hydrogen-bond donors (Lipinski definition) is 2. The maximum absolute atomic E-state index is 14.2. The van der Waals surface area contributed by atoms with E-state index in [1.807, 2.05) is 13.0 Å². The molecule has 3 aliphatic heterocycles. The van der Waals surface area contributed by atoms with Gasteiger partial charge in [-0.1, -0.05) is 33.8 Å². The number of methoxy groups -OCH3 is 2. The Morgan fingerprint density at radius 2 is 1.93 bits per heavy atom. The second-order valence-corrected chi connectivity index (χ2v) is 17.8. The quantitative estimate of drug-likeness (QED) is 0.263. The molecule has 2 amide bonds. The summed E-state index contributed by atoms with van der Waals surface area (Å²) < 4.78 is 20.1. The molecule has 1 saturated heterocycles. The third kappa shape index (κ3) is 8.08. The van der Waals surface area contributed by atoms with E-state index in [-0.39, 0.29) is 60.8 Å². The topological polar surface area (TPSA) is 136 Å². The van der Waals surface area contributed by atoms with E-state index in [1.165, 1.54) is 5.01 Å². The fraction of sp³-hybridized carbons (Fsp3) is 0.595. The van der Waals surface area contributed by atoms with Crippen LogP contribution in [0, 0.1) is 23.2 Å². The molecule has 8 atom stereocenters. The number of aromatic nitrogens is 2. The van der Waals surface area contributed by atoms with Gasteiger partial charge in [-0.2, -0.15) is 0 Å². The van der Waals surface area contributed by atoms with Gasteiger partial charge in [-0.25, -0.2) is 5.43 Å². The van der Waals surface area contributed by atoms with Gasteiger partial charge in [-0.3, -0.25) is 29.4 Å². The molecule has 0 radical (unpaired) electrons. The number of esters is 1. The van der Waals surface area contributed by atoms with Crippen LogP contribution in [0.25, 0.3) is 22.2 Å². The minimum absolute atomic E-state index is 0.0753. The van der Waals surface area contributed by atoms with Crippen LogP contribution >= 0.6 is 11.8 Å². The summed E-state index contributed by atoms with van der Waals surface area (Å²) in [4.78, 5) is 51.3. The number of nitrogens with zero attached hydrogens (tertiary/aromatic N) is 4. The molecule has 5 heterocycles. The Bertz CT molecular complexity index is 1970. The van der Waals surface area contributed by atoms with Crippen molar-refractivity contribution in [3.05, 3.63) is 53.3 Å². The van der Waals surface area contributed by atoms with Crippen molar-refractivity contribution in [3.63, 3.8) is 0 Å². The lowest BCUT2D eigenvalue weighted by molar-refractivity contribution is -0.155. The molecule has 296 valence electrons. The number of pyridine rings is 1. The molecule has 1 saturated carbocycles. The zero-order valence-corrected chi connectivity index (χ0v) is 34.2. The highest BCUT2D eigenvalue weighted by Crippen LogP contribution is 2.46. The van der Waals surface area contributed by atoms with Crippen molar-refractivity contribution in [2.75, 3.05) is 33.1 Å². The predicted molar refractivity (Wildman–Crippen MR) is 214 cm³/mol. The van der Waals surface area contributed by atoms with Crippen LogP contribution in [-0.2, 0) is 41.6 Å². The summed E-state index contributed by atoms with van der Waals surface area (Å²) in [5.41, 5.74) is 8.85. The van der Waals surface area contributed by atoms with Crippen LogP contribution in [0.2, 0.25) is 0 Å². The molecule has 1 aliphatic carbocycles. The number of thioether (sulfide) groups is 1. The molecule has 55 heavy (non-hydrogen) atoms. The number of hydrogen-bond acceptors (Lipinski definition) is 10. The summed E-state index contributed by atoms with van der Waals surface area (Å²) in [5.74, 6) is 0.401. The molecule has 12 nitrogen and oxygen atoms in total. The van der Waals surface area contributed by atoms with Crippen molar-refractivity contribution >= 4 is 45.5 Å². The zero-order valence-electron chi connectivity index (χ0n) is 33.4. The maximum Gasteiger partial charge on any atom is 0.324 e. The van der Waals surface area contributed by atoms with Gasteiger partial charge in [0.1, 0.15) is 12.1 Å². The zero-order chi connectivity index (χ0) is 39.2. The van der Waals surface area contributed by atoms with Gasteiger partial charge in [0.2, 0.25) is 5.91 Å². The average molecular weight is 773 g/mol. The normalized spacial score (nSPS) is 27.9. The van der Waals surface area contributed by atoms with Gasteiger partial charge in [0, 0.05) is 73.5 Å². The predicted octanol–water partition coefficient (Wildman–Crippen LogP) is 6.03. The van der Waals surface area contributed by atoms with Crippen LogP contribution in [0.3, 0.4) is 0 Å². The molecule has 6 bridgehead atoms. The minimum atomic E-state index is -0.811. The lowest BCUT2D eigenvalue weighted by Crippen LogP contribution is -2.60. The van der Waals surface area contributed by atoms with Crippen LogP contribution < -0.4 is 10.7 Å². The Balaban J connectivity index is 1.36. The van der Waals surface area contributed by atoms with Crippen molar-refractivity contribution < 1.29 is 28.6 Å². The number of nitrogens with one attached hydrogen (secondary N) is 2. The molecule has 2 aromatic heterocycles. The first kappa shape index (κ1) is 39.5. The molecule has 13 heteroatoms. The van der Waals surface area contributed by atoms with Gasteiger partial charge in [-0.05, 0) is 80.3 Å². The lowest BCUT2D eigenvalue weighted by Gasteiger charge is -2.35. The molecular formula is C42H56N6O6S. The number of rotatable bonds is 8. The number of aliphatic imine (C=N–C) groups is 1. The summed E-state index contributed by atoms with van der Waals surface area (Å²) in [6.07, 6.45) is 3.55. The molecule has 4 aliphatic rings. The molecule has 2 unspecified atom stereocenters. The maximum atomic E-state index is 14.2. The van der Waals surface area contributed by atoms with Gasteiger partial charge >= 0.3 is 5.97 Å². The smallest absolute Gasteiger partial charge is 0.324 e. The first-order valence-corrected chi connectivity index (χ1v) is 20.7. The standard InChI is InChI=1S/C42H56N6O6S/c1-23(52-7)20-47-34-14-13-27-17-29(34)30(38(47)28-11-9-15-43-37(28)26(4)53-8)19-42(5,6)22-54-41(51)31-12-10-16-48(46-31)40(50)32(18-35-44-33(27)21-55-35)45-39(49)36-24(2)25(36)3/h9,11,13-15,17,23-26,31-33,36,46H,10,12,16,18-22H2,1-8H3,(H,45,49)/t23-,24-,25+,26-,31-,32-,33?,36?/m0/s1. The number of ether oxygens (including phenoxy) is 3. The second-order valence-electron chi connectivity index (χ2n) is 16.7. The lowest BCUT2D eigenvalue weighted by atomic mass is 9.84. The Kier molecular flexibility index (Phi) is 11.5. The molecule has 3 aromatic rings. The van der Waals surface area contributed by atoms with E-state index < -0.39 is 23.5 Å². The van der Waals surface area contributed by atoms with E-state index in [4.69, 9.17) is 24.2 Å².